The molecule has 2 saturated carbocycles. The van der Waals surface area contributed by atoms with Crippen molar-refractivity contribution in [2.75, 3.05) is 29.6 Å². The number of nitrogens with zero attached hydrogens (tertiary/aromatic N) is 3. The third kappa shape index (κ3) is 6.85. The molecular formula is C31H40N6O2. The first-order chi connectivity index (χ1) is 19.0. The van der Waals surface area contributed by atoms with Crippen molar-refractivity contribution < 1.29 is 9.59 Å². The summed E-state index contributed by atoms with van der Waals surface area (Å²) in [4.78, 5) is 37.0. The van der Waals surface area contributed by atoms with E-state index in [4.69, 9.17) is 9.97 Å². The minimum Gasteiger partial charge on any atom is -0.362 e. The number of hydrogen-bond acceptors (Lipinski definition) is 6. The van der Waals surface area contributed by atoms with Gasteiger partial charge in [0.2, 0.25) is 17.8 Å². The number of para-hydroxylation sites is 1. The van der Waals surface area contributed by atoms with Gasteiger partial charge in [0.25, 0.3) is 0 Å². The van der Waals surface area contributed by atoms with Gasteiger partial charge < -0.3 is 20.9 Å². The standard InChI is InChI=1S/C31H40N6O2/c1-37(2)28-26-13-6-7-14-27(26)35-31(36-28)34-24-17-15-23(16-18-24)29(38)32-20-21-9-8-12-25(19-21)33-30(39)22-10-4-3-5-11-22/h6-9,12-14,19,22-24H,3-5,10-11,15-18,20H2,1-2H3,(H,32,38)(H,33,39)(H,34,35,36). The molecule has 0 atom stereocenters. The van der Waals surface area contributed by atoms with Crippen LogP contribution in [0.15, 0.2) is 48.5 Å². The highest BCUT2D eigenvalue weighted by atomic mass is 16.2. The summed E-state index contributed by atoms with van der Waals surface area (Å²) in [5, 5.41) is 10.7. The van der Waals surface area contributed by atoms with Crippen LogP contribution in [0.3, 0.4) is 0 Å². The Bertz CT molecular complexity index is 1300. The molecule has 2 aliphatic carbocycles. The molecule has 2 amide bonds. The molecule has 0 radical (unpaired) electrons. The van der Waals surface area contributed by atoms with E-state index >= 15 is 0 Å². The van der Waals surface area contributed by atoms with E-state index in [1.54, 1.807) is 0 Å². The first-order valence-electron chi connectivity index (χ1n) is 14.3. The fraction of sp³-hybridized carbons (Fsp3) is 0.484. The number of aromatic nitrogens is 2. The van der Waals surface area contributed by atoms with Crippen molar-refractivity contribution in [2.24, 2.45) is 11.8 Å². The van der Waals surface area contributed by atoms with E-state index in [0.717, 1.165) is 79.3 Å². The summed E-state index contributed by atoms with van der Waals surface area (Å²) in [6.07, 6.45) is 8.91. The zero-order chi connectivity index (χ0) is 27.2. The summed E-state index contributed by atoms with van der Waals surface area (Å²) >= 11 is 0. The Hall–Kier alpha value is -3.68. The second-order valence-corrected chi connectivity index (χ2v) is 11.2. The van der Waals surface area contributed by atoms with Crippen molar-refractivity contribution in [2.45, 2.75) is 70.4 Å². The average Bonchev–Trinajstić information content (AvgIpc) is 2.96. The van der Waals surface area contributed by atoms with E-state index in [0.29, 0.717) is 12.5 Å². The van der Waals surface area contributed by atoms with Gasteiger partial charge in [0.15, 0.2) is 0 Å². The van der Waals surface area contributed by atoms with Crippen molar-refractivity contribution >= 4 is 40.2 Å². The van der Waals surface area contributed by atoms with Crippen molar-refractivity contribution in [3.05, 3.63) is 54.1 Å². The molecule has 0 unspecified atom stereocenters. The molecule has 3 N–H and O–H groups in total. The molecular weight excluding hydrogens is 488 g/mol. The summed E-state index contributed by atoms with van der Waals surface area (Å²) in [5.41, 5.74) is 2.71. The lowest BCUT2D eigenvalue weighted by Gasteiger charge is -2.28. The van der Waals surface area contributed by atoms with Crippen molar-refractivity contribution in [3.63, 3.8) is 0 Å². The Balaban J connectivity index is 1.10. The molecule has 8 heteroatoms. The molecule has 0 saturated heterocycles. The number of fused-ring (bicyclic) bond motifs is 1. The van der Waals surface area contributed by atoms with Crippen LogP contribution in [0, 0.1) is 11.8 Å². The fourth-order valence-corrected chi connectivity index (χ4v) is 5.85. The number of amides is 2. The SMILES string of the molecule is CN(C)c1nc(NC2CCC(C(=O)NCc3cccc(NC(=O)C4CCCCC4)c3)CC2)nc2ccccc12. The number of nitrogens with one attached hydrogen (secondary N) is 3. The maximum absolute atomic E-state index is 12.9. The monoisotopic (exact) mass is 528 g/mol. The highest BCUT2D eigenvalue weighted by Crippen LogP contribution is 2.29. The molecule has 1 aromatic heterocycles. The van der Waals surface area contributed by atoms with Gasteiger partial charge in [-0.15, -0.1) is 0 Å². The molecule has 2 aromatic carbocycles. The first kappa shape index (κ1) is 26.9. The quantitative estimate of drug-likeness (QED) is 0.357. The van der Waals surface area contributed by atoms with E-state index in [2.05, 4.69) is 16.0 Å². The van der Waals surface area contributed by atoms with Gasteiger partial charge in [-0.1, -0.05) is 43.5 Å². The summed E-state index contributed by atoms with van der Waals surface area (Å²) in [5.74, 6) is 1.88. The van der Waals surface area contributed by atoms with Gasteiger partial charge in [0.1, 0.15) is 5.82 Å². The molecule has 206 valence electrons. The molecule has 0 bridgehead atoms. The minimum absolute atomic E-state index is 0.00657. The van der Waals surface area contributed by atoms with Crippen LogP contribution >= 0.6 is 0 Å². The van der Waals surface area contributed by atoms with E-state index < -0.39 is 0 Å². The summed E-state index contributed by atoms with van der Waals surface area (Å²) < 4.78 is 0. The minimum atomic E-state index is 0.00657. The second kappa shape index (κ2) is 12.5. The van der Waals surface area contributed by atoms with Crippen molar-refractivity contribution in [1.82, 2.24) is 15.3 Å². The Morgan fingerprint density at radius 3 is 2.36 bits per heavy atom. The molecule has 3 aromatic rings. The van der Waals surface area contributed by atoms with Gasteiger partial charge in [-0.2, -0.15) is 4.98 Å². The topological polar surface area (TPSA) is 99.3 Å². The fourth-order valence-electron chi connectivity index (χ4n) is 5.85. The summed E-state index contributed by atoms with van der Waals surface area (Å²) in [7, 11) is 3.98. The number of hydrogen-bond donors (Lipinski definition) is 3. The Morgan fingerprint density at radius 1 is 0.846 bits per heavy atom. The number of carbonyl (C=O) groups is 2. The van der Waals surface area contributed by atoms with E-state index in [1.165, 1.54) is 6.42 Å². The van der Waals surface area contributed by atoms with Crippen molar-refractivity contribution in [3.8, 4) is 0 Å². The Kier molecular flexibility index (Phi) is 8.59. The highest BCUT2D eigenvalue weighted by molar-refractivity contribution is 5.92. The number of anilines is 3. The van der Waals surface area contributed by atoms with Crippen LogP contribution in [0.2, 0.25) is 0 Å². The van der Waals surface area contributed by atoms with Gasteiger partial charge >= 0.3 is 0 Å². The van der Waals surface area contributed by atoms with Gasteiger partial charge in [0, 0.05) is 49.6 Å². The van der Waals surface area contributed by atoms with Crippen LogP contribution in [0.25, 0.3) is 10.9 Å². The molecule has 2 fully saturated rings. The second-order valence-electron chi connectivity index (χ2n) is 11.2. The molecule has 0 aliphatic heterocycles. The third-order valence-electron chi connectivity index (χ3n) is 8.08. The van der Waals surface area contributed by atoms with Gasteiger partial charge in [0.05, 0.1) is 5.52 Å². The van der Waals surface area contributed by atoms with E-state index in [1.807, 2.05) is 67.5 Å². The predicted octanol–water partition coefficient (Wildman–Crippen LogP) is 5.50. The van der Waals surface area contributed by atoms with Crippen LogP contribution in [0.5, 0.6) is 0 Å². The molecule has 0 spiro atoms. The lowest BCUT2D eigenvalue weighted by Crippen LogP contribution is -2.36. The molecule has 39 heavy (non-hydrogen) atoms. The van der Waals surface area contributed by atoms with Crippen LogP contribution in [0.1, 0.15) is 63.4 Å². The third-order valence-corrected chi connectivity index (χ3v) is 8.08. The molecule has 1 heterocycles. The average molecular weight is 529 g/mol. The highest BCUT2D eigenvalue weighted by Gasteiger charge is 2.27. The zero-order valence-corrected chi connectivity index (χ0v) is 23.1. The number of benzene rings is 2. The molecule has 8 nitrogen and oxygen atoms in total. The maximum atomic E-state index is 12.9. The van der Waals surface area contributed by atoms with Gasteiger partial charge in [-0.25, -0.2) is 4.98 Å². The smallest absolute Gasteiger partial charge is 0.227 e. The molecule has 2 aliphatic rings. The number of rotatable bonds is 8. The predicted molar refractivity (Wildman–Crippen MR) is 157 cm³/mol. The van der Waals surface area contributed by atoms with Crippen LogP contribution in [-0.4, -0.2) is 41.9 Å². The number of carbonyl (C=O) groups excluding carboxylic acids is 2. The largest absolute Gasteiger partial charge is 0.362 e. The lowest BCUT2D eigenvalue weighted by molar-refractivity contribution is -0.126. The summed E-state index contributed by atoms with van der Waals surface area (Å²) in [6, 6.07) is 16.1. The van der Waals surface area contributed by atoms with Crippen LogP contribution < -0.4 is 20.9 Å². The van der Waals surface area contributed by atoms with Gasteiger partial charge in [-0.05, 0) is 68.4 Å². The summed E-state index contributed by atoms with van der Waals surface area (Å²) in [6.45, 7) is 0.461. The lowest BCUT2D eigenvalue weighted by atomic mass is 9.85. The van der Waals surface area contributed by atoms with Gasteiger partial charge in [-0.3, -0.25) is 9.59 Å². The normalized spacial score (nSPS) is 19.8. The van der Waals surface area contributed by atoms with Crippen LogP contribution in [-0.2, 0) is 16.1 Å². The Labute approximate surface area is 231 Å². The van der Waals surface area contributed by atoms with E-state index in [-0.39, 0.29) is 29.7 Å². The van der Waals surface area contributed by atoms with Crippen molar-refractivity contribution in [1.29, 1.82) is 0 Å². The molecule has 5 rings (SSSR count). The Morgan fingerprint density at radius 2 is 1.59 bits per heavy atom. The first-order valence-corrected chi connectivity index (χ1v) is 14.3. The van der Waals surface area contributed by atoms with Crippen LogP contribution in [0.4, 0.5) is 17.5 Å². The van der Waals surface area contributed by atoms with E-state index in [9.17, 15) is 9.59 Å². The maximum Gasteiger partial charge on any atom is 0.227 e. The zero-order valence-electron chi connectivity index (χ0n) is 23.1.